The number of hydrogen-bond acceptors (Lipinski definition) is 26. The number of rotatable bonds is 19. The van der Waals surface area contributed by atoms with E-state index in [4.69, 9.17) is 90.0 Å². The van der Waals surface area contributed by atoms with Gasteiger partial charge < -0.3 is 127 Å². The second-order valence-corrected chi connectivity index (χ2v) is 32.3. The van der Waals surface area contributed by atoms with Crippen LogP contribution in [0.1, 0.15) is 116 Å². The summed E-state index contributed by atoms with van der Waals surface area (Å²) in [5.74, 6) is -14.1. The third kappa shape index (κ3) is 19.9. The van der Waals surface area contributed by atoms with Gasteiger partial charge in [0, 0.05) is 45.7 Å². The Labute approximate surface area is 714 Å². The molecule has 38 heteroatoms. The Balaban J connectivity index is 1.02. The van der Waals surface area contributed by atoms with Crippen LogP contribution < -0.4 is 67.2 Å². The Morgan fingerprint density at radius 3 is 1.92 bits per heavy atom. The smallest absolute Gasteiger partial charge is 0.333 e. The van der Waals surface area contributed by atoms with Gasteiger partial charge in [-0.25, -0.2) is 4.79 Å². The number of aliphatic hydroxyl groups is 5. The summed E-state index contributed by atoms with van der Waals surface area (Å²) in [4.78, 5) is 119. The molecule has 0 aliphatic carbocycles. The summed E-state index contributed by atoms with van der Waals surface area (Å²) < 4.78 is 51.2. The zero-order valence-electron chi connectivity index (χ0n) is 64.3. The number of fused-ring (bicyclic) bond motifs is 15. The van der Waals surface area contributed by atoms with Crippen LogP contribution in [0.4, 0.5) is 0 Å². The van der Waals surface area contributed by atoms with E-state index in [1.54, 1.807) is 44.2 Å². The molecule has 14 rings (SSSR count). The number of methoxy groups -OCH3 is 1. The molecule has 15 unspecified atom stereocenters. The van der Waals surface area contributed by atoms with Crippen molar-refractivity contribution < 1.29 is 117 Å². The van der Waals surface area contributed by atoms with Crippen molar-refractivity contribution in [3.63, 3.8) is 0 Å². The summed E-state index contributed by atoms with van der Waals surface area (Å²) in [5, 5.41) is 117. The number of aliphatic hydroxyl groups excluding tert-OH is 5. The average molecular weight is 1840 g/mol. The zero-order chi connectivity index (χ0) is 85.9. The third-order valence-electron chi connectivity index (χ3n) is 20.9. The van der Waals surface area contributed by atoms with Crippen LogP contribution in [0.2, 0.25) is 20.1 Å². The molecule has 0 spiro atoms. The zero-order valence-corrected chi connectivity index (χ0v) is 69.4. The molecule has 11 bridgehead atoms. The highest BCUT2D eigenvalue weighted by atomic mass is 127. The first-order valence-corrected chi connectivity index (χ1v) is 40.5. The van der Waals surface area contributed by atoms with Crippen molar-refractivity contribution >= 4 is 116 Å². The fraction of sp³-hybridized carbons (Fsp3) is 0.383. The number of aromatic hydroxyl groups is 3. The summed E-state index contributed by atoms with van der Waals surface area (Å²) in [7, 11) is 2.44. The van der Waals surface area contributed by atoms with Gasteiger partial charge >= 0.3 is 5.97 Å². The number of hydrogen-bond donors (Lipinski definition) is 17. The van der Waals surface area contributed by atoms with Gasteiger partial charge in [-0.1, -0.05) is 119 Å². The fourth-order valence-corrected chi connectivity index (χ4v) is 16.0. The minimum Gasteiger partial charge on any atom is -0.508 e. The first kappa shape index (κ1) is 88.7. The quantitative estimate of drug-likeness (QED) is 0.0238. The Hall–Kier alpha value is -9.61. The van der Waals surface area contributed by atoms with Crippen molar-refractivity contribution in [1.82, 2.24) is 42.5 Å². The van der Waals surface area contributed by atoms with E-state index in [1.165, 1.54) is 37.4 Å². The molecule has 119 heavy (non-hydrogen) atoms. The Morgan fingerprint density at radius 2 is 1.29 bits per heavy atom. The van der Waals surface area contributed by atoms with Crippen molar-refractivity contribution in [1.29, 1.82) is 0 Å². The van der Waals surface area contributed by atoms with E-state index in [0.29, 0.717) is 15.8 Å². The Morgan fingerprint density at radius 1 is 0.664 bits per heavy atom. The summed E-state index contributed by atoms with van der Waals surface area (Å²) in [6.45, 7) is 7.37. The molecule has 634 valence electrons. The molecule has 0 aromatic heterocycles. The van der Waals surface area contributed by atoms with Crippen LogP contribution in [0.15, 0.2) is 121 Å². The van der Waals surface area contributed by atoms with Crippen LogP contribution in [0, 0.1) is 5.92 Å². The Bertz CT molecular complexity index is 5040. The number of halogens is 5. The van der Waals surface area contributed by atoms with Gasteiger partial charge in [-0.15, -0.1) is 0 Å². The predicted octanol–water partition coefficient (Wildman–Crippen LogP) is 6.35. The van der Waals surface area contributed by atoms with Gasteiger partial charge in [-0.05, 0) is 145 Å². The van der Waals surface area contributed by atoms with Crippen LogP contribution >= 0.6 is 69.0 Å². The molecule has 0 radical (unpaired) electrons. The number of carbonyl (C=O) groups is 8. The molecule has 33 nitrogen and oxygen atoms in total. The lowest BCUT2D eigenvalue weighted by Gasteiger charge is -2.48. The summed E-state index contributed by atoms with van der Waals surface area (Å²) in [6, 6.07) is 12.8. The van der Waals surface area contributed by atoms with E-state index in [2.05, 4.69) is 42.5 Å². The van der Waals surface area contributed by atoms with Crippen molar-refractivity contribution in [2.45, 2.75) is 169 Å². The van der Waals surface area contributed by atoms with E-state index >= 15 is 24.0 Å². The van der Waals surface area contributed by atoms with Crippen LogP contribution in [0.3, 0.4) is 0 Å². The van der Waals surface area contributed by atoms with Crippen LogP contribution in [0.25, 0.3) is 11.1 Å². The lowest BCUT2D eigenvalue weighted by Crippen LogP contribution is -2.65. The van der Waals surface area contributed by atoms with Gasteiger partial charge in [0.1, 0.15) is 95.7 Å². The SMILES string of the molecule is CNC(CC(C)C)C(=O)NC1C(=O)N[C@@H](CC(N)=O)C(=O)NC2C(=O)N[C@H]3C(=O)NC(C(=O)N[C@@H](C(=O)OC)c4cc(O)cc(O)c4-c4cc3ccc4O)C(O)c3ccc(c(Cl)c3)Oc3cc2cc(c3OC2OC(CI)C(O)C(O)C2OC2CC(C)(NCc3ccc(OCc4ccc(Cl)c(Cl)c4)cc3)C(O)C(C)O2)Oc2ccc(cc2Cl)C1O. The number of amides is 7. The standard InChI is InChI=1S/C81H86Cl4IN9O24/c1-33(2)19-49(88-5)73(105)94-64-66(100)38-11-17-53(47(84)22-38)115-55-24-40-25-56(70(55)119-80-71(69(103)68(102)57(30-86)117-80)118-59-29-81(4,72(104)34(3)114-59)89-31-35-7-13-42(14-8-35)113-32-36-9-15-45(82)46(83)20-36)116-54-18-12-39(23-48(54)85)67(101)65-78(110)93-63(79(111)112-6)44-26-41(96)27-52(98)60(44)43-21-37(10-16-51(43)97)61(75(107)95-65)92-76(108)62(40)91-74(106)50(28-58(87)99)90-77(64)109/h7-18,20-27,33-34,49-50,57,59,61-69,71-72,80,88-89,96-98,100-104H,19,28-32H2,1-6H3,(H2,87,99)(H,90,109)(H,91,106)(H,92,108)(H,93,110)(H,94,105)(H,95,107)/t34?,49?,50-,57?,59?,61+,62?,63+,64?,65?,66?,67?,68?,69?,71?,72?,80?,81?/m0/s1. The molecule has 7 aromatic rings. The summed E-state index contributed by atoms with van der Waals surface area (Å²) in [6.07, 6.45) is -17.4. The third-order valence-corrected chi connectivity index (χ3v) is 23.1. The molecule has 7 aliphatic rings. The maximum atomic E-state index is 16.3. The van der Waals surface area contributed by atoms with E-state index in [0.717, 1.165) is 66.8 Å². The van der Waals surface area contributed by atoms with E-state index in [1.807, 2.05) is 48.6 Å². The van der Waals surface area contributed by atoms with Crippen molar-refractivity contribution in [3.8, 4) is 62.9 Å². The van der Waals surface area contributed by atoms with E-state index in [-0.39, 0.29) is 69.6 Å². The molecular formula is C81H86Cl4IN9O24. The molecule has 7 amide bonds. The first-order chi connectivity index (χ1) is 56.5. The number of likely N-dealkylation sites (N-methyl/N-ethyl adjacent to an activating group) is 1. The molecule has 0 saturated carbocycles. The summed E-state index contributed by atoms with van der Waals surface area (Å²) in [5.41, 5.74) is 3.77. The summed E-state index contributed by atoms with van der Waals surface area (Å²) >= 11 is 28.7. The molecular weight excluding hydrogens is 1750 g/mol. The number of esters is 1. The number of alkyl halides is 1. The normalized spacial score (nSPS) is 26.7. The lowest BCUT2D eigenvalue weighted by molar-refractivity contribution is -0.330. The minimum absolute atomic E-state index is 0.0171. The van der Waals surface area contributed by atoms with Crippen LogP contribution in [0.5, 0.6) is 51.7 Å². The van der Waals surface area contributed by atoms with Gasteiger partial charge in [0.05, 0.1) is 58.0 Å². The average Bonchev–Trinajstić information content (AvgIpc) is 0.763. The van der Waals surface area contributed by atoms with Crippen molar-refractivity contribution in [3.05, 3.63) is 180 Å². The highest BCUT2D eigenvalue weighted by Crippen LogP contribution is 2.50. The van der Waals surface area contributed by atoms with Crippen LogP contribution in [-0.4, -0.2) is 186 Å². The largest absolute Gasteiger partial charge is 0.508 e. The number of phenolic OH excluding ortho intramolecular Hbond substituents is 3. The number of primary amides is 1. The number of carbonyl (C=O) groups excluding carboxylic acids is 8. The maximum Gasteiger partial charge on any atom is 0.333 e. The molecule has 7 aliphatic heterocycles. The van der Waals surface area contributed by atoms with Crippen molar-refractivity contribution in [2.24, 2.45) is 11.7 Å². The van der Waals surface area contributed by atoms with E-state index < -0.39 is 225 Å². The molecule has 18 atom stereocenters. The highest BCUT2D eigenvalue weighted by Gasteiger charge is 2.52. The maximum absolute atomic E-state index is 16.3. The number of nitrogens with two attached hydrogens (primary N) is 1. The van der Waals surface area contributed by atoms with Crippen molar-refractivity contribution in [2.75, 3.05) is 18.6 Å². The van der Waals surface area contributed by atoms with E-state index in [9.17, 15) is 55.2 Å². The highest BCUT2D eigenvalue weighted by molar-refractivity contribution is 14.1. The number of nitrogens with one attached hydrogen (secondary N) is 8. The van der Waals surface area contributed by atoms with Gasteiger partial charge in [0.25, 0.3) is 0 Å². The topological polar surface area (TPSA) is 495 Å². The molecule has 7 aromatic carbocycles. The molecule has 2 fully saturated rings. The number of benzene rings is 7. The molecule has 7 heterocycles. The molecule has 2 saturated heterocycles. The minimum atomic E-state index is -2.33. The lowest BCUT2D eigenvalue weighted by atomic mass is 9.84. The Kier molecular flexibility index (Phi) is 28.0. The van der Waals surface area contributed by atoms with Gasteiger partial charge in [-0.2, -0.15) is 0 Å². The van der Waals surface area contributed by atoms with Gasteiger partial charge in [0.2, 0.25) is 53.4 Å². The predicted molar refractivity (Wildman–Crippen MR) is 435 cm³/mol. The van der Waals surface area contributed by atoms with Gasteiger partial charge in [0.15, 0.2) is 29.9 Å². The second-order valence-electron chi connectivity index (χ2n) is 29.8. The molecule has 18 N–H and O–H groups in total. The number of ether oxygens (including phenoxy) is 8. The first-order valence-electron chi connectivity index (χ1n) is 37.4. The monoisotopic (exact) mass is 1840 g/mol. The second kappa shape index (κ2) is 37.6. The van der Waals surface area contributed by atoms with Gasteiger partial charge in [-0.3, -0.25) is 33.6 Å². The number of phenols is 3. The fourth-order valence-electron chi connectivity index (χ4n) is 14.5. The van der Waals surface area contributed by atoms with Crippen LogP contribution in [-0.2, 0) is 70.5 Å².